The number of ether oxygens (including phenoxy) is 1. The maximum Gasteiger partial charge on any atom is 0.243 e. The maximum absolute atomic E-state index is 12.7. The van der Waals surface area contributed by atoms with Gasteiger partial charge in [-0.15, -0.1) is 0 Å². The van der Waals surface area contributed by atoms with Gasteiger partial charge in [-0.1, -0.05) is 30.3 Å². The highest BCUT2D eigenvalue weighted by atomic mass is 32.2. The molecule has 0 saturated carbocycles. The predicted molar refractivity (Wildman–Crippen MR) is 116 cm³/mol. The summed E-state index contributed by atoms with van der Waals surface area (Å²) in [6, 6.07) is 14.7. The molecule has 1 amide bonds. The Morgan fingerprint density at radius 1 is 1.00 bits per heavy atom. The molecule has 0 bridgehead atoms. The molecule has 0 unspecified atom stereocenters. The van der Waals surface area contributed by atoms with Crippen molar-refractivity contribution in [1.29, 1.82) is 0 Å². The third kappa shape index (κ3) is 6.03. The number of benzene rings is 2. The number of hydrogen-bond donors (Lipinski definition) is 1. The molecule has 0 aromatic heterocycles. The lowest BCUT2D eigenvalue weighted by atomic mass is 10.2. The third-order valence-corrected chi connectivity index (χ3v) is 7.81. The van der Waals surface area contributed by atoms with E-state index in [0.29, 0.717) is 13.2 Å². The number of amides is 1. The van der Waals surface area contributed by atoms with Crippen LogP contribution in [-0.2, 0) is 36.1 Å². The van der Waals surface area contributed by atoms with Crippen LogP contribution in [0.15, 0.2) is 59.5 Å². The summed E-state index contributed by atoms with van der Waals surface area (Å²) in [5.41, 5.74) is 1.10. The van der Waals surface area contributed by atoms with Crippen LogP contribution in [0.3, 0.4) is 0 Å². The van der Waals surface area contributed by atoms with E-state index in [0.717, 1.165) is 16.1 Å². The number of nitrogens with zero attached hydrogens (tertiary/aromatic N) is 2. The number of carbonyl (C=O) groups is 1. The van der Waals surface area contributed by atoms with E-state index >= 15 is 0 Å². The highest BCUT2D eigenvalue weighted by molar-refractivity contribution is 7.92. The molecule has 9 nitrogen and oxygen atoms in total. The molecule has 2 aromatic carbocycles. The molecule has 0 aliphatic carbocycles. The molecule has 2 aromatic rings. The first kappa shape index (κ1) is 23.2. The van der Waals surface area contributed by atoms with Gasteiger partial charge < -0.3 is 10.1 Å². The van der Waals surface area contributed by atoms with Gasteiger partial charge in [0.25, 0.3) is 0 Å². The molecule has 0 radical (unpaired) electrons. The summed E-state index contributed by atoms with van der Waals surface area (Å²) in [5, 5.41) is 2.69. The molecule has 1 aliphatic heterocycles. The largest absolute Gasteiger partial charge is 0.379 e. The second kappa shape index (κ2) is 9.77. The van der Waals surface area contributed by atoms with Crippen LogP contribution in [0.1, 0.15) is 5.56 Å². The van der Waals surface area contributed by atoms with Gasteiger partial charge in [0.2, 0.25) is 26.0 Å². The first-order valence-electron chi connectivity index (χ1n) is 9.64. The van der Waals surface area contributed by atoms with Crippen LogP contribution < -0.4 is 9.62 Å². The van der Waals surface area contributed by atoms with Gasteiger partial charge in [-0.3, -0.25) is 9.10 Å². The Labute approximate surface area is 182 Å². The molecule has 3 rings (SSSR count). The fourth-order valence-corrected chi connectivity index (χ4v) is 5.37. The third-order valence-electron chi connectivity index (χ3n) is 4.75. The average Bonchev–Trinajstić information content (AvgIpc) is 2.77. The van der Waals surface area contributed by atoms with E-state index in [9.17, 15) is 21.6 Å². The number of anilines is 1. The highest BCUT2D eigenvalue weighted by Crippen LogP contribution is 2.23. The lowest BCUT2D eigenvalue weighted by Crippen LogP contribution is -2.41. The topological polar surface area (TPSA) is 113 Å². The van der Waals surface area contributed by atoms with E-state index in [1.54, 1.807) is 0 Å². The number of rotatable bonds is 8. The van der Waals surface area contributed by atoms with Crippen molar-refractivity contribution in [3.8, 4) is 0 Å². The van der Waals surface area contributed by atoms with E-state index in [1.165, 1.54) is 28.6 Å². The fourth-order valence-electron chi connectivity index (χ4n) is 3.10. The number of hydrogen-bond acceptors (Lipinski definition) is 6. The molecule has 31 heavy (non-hydrogen) atoms. The van der Waals surface area contributed by atoms with Crippen molar-refractivity contribution in [2.24, 2.45) is 0 Å². The van der Waals surface area contributed by atoms with Gasteiger partial charge in [-0.2, -0.15) is 4.31 Å². The first-order valence-corrected chi connectivity index (χ1v) is 12.9. The van der Waals surface area contributed by atoms with Gasteiger partial charge in [0.05, 0.1) is 30.1 Å². The second-order valence-electron chi connectivity index (χ2n) is 7.04. The molecule has 0 spiro atoms. The Balaban J connectivity index is 1.73. The summed E-state index contributed by atoms with van der Waals surface area (Å²) in [6.45, 7) is 1.05. The molecular formula is C20H25N3O6S2. The van der Waals surface area contributed by atoms with Gasteiger partial charge in [0.1, 0.15) is 6.54 Å². The van der Waals surface area contributed by atoms with Crippen LogP contribution in [0.4, 0.5) is 5.69 Å². The number of sulfonamides is 2. The van der Waals surface area contributed by atoms with Crippen molar-refractivity contribution >= 4 is 31.6 Å². The van der Waals surface area contributed by atoms with Crippen LogP contribution in [0.25, 0.3) is 0 Å². The van der Waals surface area contributed by atoms with E-state index in [2.05, 4.69) is 5.32 Å². The minimum Gasteiger partial charge on any atom is -0.379 e. The zero-order valence-electron chi connectivity index (χ0n) is 17.1. The monoisotopic (exact) mass is 467 g/mol. The summed E-state index contributed by atoms with van der Waals surface area (Å²) in [5.74, 6) is -0.473. The first-order chi connectivity index (χ1) is 14.7. The zero-order valence-corrected chi connectivity index (χ0v) is 18.7. The Bertz CT molecular complexity index is 1100. The van der Waals surface area contributed by atoms with Crippen molar-refractivity contribution in [3.05, 3.63) is 60.2 Å². The summed E-state index contributed by atoms with van der Waals surface area (Å²) in [7, 11) is -7.46. The molecule has 1 heterocycles. The van der Waals surface area contributed by atoms with E-state index in [1.807, 2.05) is 30.3 Å². The smallest absolute Gasteiger partial charge is 0.243 e. The zero-order chi connectivity index (χ0) is 22.5. The molecular weight excluding hydrogens is 442 g/mol. The molecule has 1 aliphatic rings. The van der Waals surface area contributed by atoms with Crippen molar-refractivity contribution in [2.75, 3.05) is 43.4 Å². The lowest BCUT2D eigenvalue weighted by Gasteiger charge is -2.26. The van der Waals surface area contributed by atoms with E-state index < -0.39 is 32.5 Å². The minimum atomic E-state index is -3.77. The fraction of sp³-hybridized carbons (Fsp3) is 0.350. The Morgan fingerprint density at radius 3 is 2.19 bits per heavy atom. The van der Waals surface area contributed by atoms with Crippen LogP contribution >= 0.6 is 0 Å². The molecule has 11 heteroatoms. The van der Waals surface area contributed by atoms with Gasteiger partial charge in [0, 0.05) is 19.6 Å². The Hall–Kier alpha value is -2.47. The molecule has 1 fully saturated rings. The Kier molecular flexibility index (Phi) is 7.31. The van der Waals surface area contributed by atoms with Gasteiger partial charge in [-0.05, 0) is 29.8 Å². The second-order valence-corrected chi connectivity index (χ2v) is 10.9. The van der Waals surface area contributed by atoms with Crippen molar-refractivity contribution in [2.45, 2.75) is 11.4 Å². The van der Waals surface area contributed by atoms with Crippen molar-refractivity contribution < 1.29 is 26.4 Å². The number of nitrogens with one attached hydrogen (secondary N) is 1. The molecule has 1 saturated heterocycles. The van der Waals surface area contributed by atoms with Gasteiger partial charge in [0.15, 0.2) is 0 Å². The normalized spacial score (nSPS) is 15.4. The average molecular weight is 468 g/mol. The SMILES string of the molecule is CS(=O)(=O)N(CC(=O)NCc1ccccc1)c1ccc(S(=O)(=O)N2CCOCC2)cc1. The van der Waals surface area contributed by atoms with Crippen molar-refractivity contribution in [3.63, 3.8) is 0 Å². The van der Waals surface area contributed by atoms with Gasteiger partial charge >= 0.3 is 0 Å². The summed E-state index contributed by atoms with van der Waals surface area (Å²) in [6.07, 6.45) is 0.996. The quantitative estimate of drug-likeness (QED) is 0.614. The highest BCUT2D eigenvalue weighted by Gasteiger charge is 2.27. The number of carbonyl (C=O) groups excluding carboxylic acids is 1. The number of morpholine rings is 1. The van der Waals surface area contributed by atoms with Crippen LogP contribution in [0.5, 0.6) is 0 Å². The van der Waals surface area contributed by atoms with Crippen LogP contribution in [0, 0.1) is 0 Å². The predicted octanol–water partition coefficient (Wildman–Crippen LogP) is 0.790. The van der Waals surface area contributed by atoms with Crippen LogP contribution in [-0.4, -0.2) is 66.2 Å². The van der Waals surface area contributed by atoms with E-state index in [-0.39, 0.29) is 30.2 Å². The summed E-state index contributed by atoms with van der Waals surface area (Å²) < 4.78 is 57.5. The molecule has 0 atom stereocenters. The lowest BCUT2D eigenvalue weighted by molar-refractivity contribution is -0.119. The van der Waals surface area contributed by atoms with Crippen LogP contribution in [0.2, 0.25) is 0 Å². The summed E-state index contributed by atoms with van der Waals surface area (Å²) in [4.78, 5) is 12.4. The Morgan fingerprint density at radius 2 is 1.61 bits per heavy atom. The molecule has 168 valence electrons. The van der Waals surface area contributed by atoms with E-state index in [4.69, 9.17) is 4.74 Å². The minimum absolute atomic E-state index is 0.0557. The maximum atomic E-state index is 12.7. The standard InChI is InChI=1S/C20H25N3O6S2/c1-30(25,26)23(16-20(24)21-15-17-5-3-2-4-6-17)18-7-9-19(10-8-18)31(27,28)22-11-13-29-14-12-22/h2-10H,11-16H2,1H3,(H,21,24). The van der Waals surface area contributed by atoms with Crippen molar-refractivity contribution in [1.82, 2.24) is 9.62 Å². The van der Waals surface area contributed by atoms with Gasteiger partial charge in [-0.25, -0.2) is 16.8 Å². The summed E-state index contributed by atoms with van der Waals surface area (Å²) >= 11 is 0. The molecule has 1 N–H and O–H groups in total.